The molecule has 1 aromatic carbocycles. The highest BCUT2D eigenvalue weighted by atomic mass is 16.1. The lowest BCUT2D eigenvalue weighted by atomic mass is 9.91. The predicted octanol–water partition coefficient (Wildman–Crippen LogP) is 3.35. The number of amides is 1. The molecule has 1 amide bonds. The Kier molecular flexibility index (Phi) is 6.95. The van der Waals surface area contributed by atoms with Crippen molar-refractivity contribution in [3.63, 3.8) is 0 Å². The van der Waals surface area contributed by atoms with Crippen molar-refractivity contribution in [1.82, 2.24) is 30.4 Å². The maximum atomic E-state index is 12.0. The van der Waals surface area contributed by atoms with Crippen molar-refractivity contribution in [3.05, 3.63) is 54.0 Å². The molecule has 2 aromatic heterocycles. The van der Waals surface area contributed by atoms with E-state index in [1.165, 1.54) is 0 Å². The van der Waals surface area contributed by atoms with Crippen LogP contribution in [0.3, 0.4) is 0 Å². The standard InChI is InChI=1S/C24H28N8O/c1-16-13-28-24(30-20-14-29-32(15-20)21-9-7-19(26-2)8-10-21)31-22(16)17-3-5-18(6-4-17)23(33)27-12-11-25/h3-6,13-15,19,21,26H,7-10,12H2,1-2H3,(H,27,33)(H,28,30,31)/t19-,21+. The predicted molar refractivity (Wildman–Crippen MR) is 126 cm³/mol. The second-order valence-corrected chi connectivity index (χ2v) is 8.27. The van der Waals surface area contributed by atoms with Crippen LogP contribution in [0, 0.1) is 18.3 Å². The molecule has 0 spiro atoms. The number of nitrogens with zero attached hydrogens (tertiary/aromatic N) is 5. The molecule has 2 heterocycles. The molecule has 1 aliphatic carbocycles. The minimum atomic E-state index is -0.277. The van der Waals surface area contributed by atoms with E-state index in [1.807, 2.05) is 49.2 Å². The molecule has 1 fully saturated rings. The highest BCUT2D eigenvalue weighted by molar-refractivity contribution is 5.94. The average Bonchev–Trinajstić information content (AvgIpc) is 3.32. The van der Waals surface area contributed by atoms with Gasteiger partial charge in [0.1, 0.15) is 6.54 Å². The van der Waals surface area contributed by atoms with Gasteiger partial charge in [0, 0.05) is 29.6 Å². The lowest BCUT2D eigenvalue weighted by molar-refractivity contribution is 0.0958. The molecule has 33 heavy (non-hydrogen) atoms. The fourth-order valence-electron chi connectivity index (χ4n) is 4.16. The van der Waals surface area contributed by atoms with Crippen LogP contribution in [0.25, 0.3) is 11.3 Å². The molecule has 9 nitrogen and oxygen atoms in total. The van der Waals surface area contributed by atoms with Crippen molar-refractivity contribution in [3.8, 4) is 17.3 Å². The summed E-state index contributed by atoms with van der Waals surface area (Å²) in [7, 11) is 2.03. The van der Waals surface area contributed by atoms with Crippen LogP contribution in [0.15, 0.2) is 42.9 Å². The maximum Gasteiger partial charge on any atom is 0.252 e. The van der Waals surface area contributed by atoms with Crippen molar-refractivity contribution in [2.75, 3.05) is 18.9 Å². The number of carbonyl (C=O) groups excluding carboxylic acids is 1. The quantitative estimate of drug-likeness (QED) is 0.478. The Morgan fingerprint density at radius 2 is 1.94 bits per heavy atom. The molecule has 3 N–H and O–H groups in total. The molecule has 0 saturated heterocycles. The number of anilines is 2. The molecule has 3 aromatic rings. The summed E-state index contributed by atoms with van der Waals surface area (Å²) in [6, 6.07) is 10.1. The first-order chi connectivity index (χ1) is 16.1. The van der Waals surface area contributed by atoms with Crippen LogP contribution in [0.5, 0.6) is 0 Å². The van der Waals surface area contributed by atoms with Crippen LogP contribution < -0.4 is 16.0 Å². The number of carbonyl (C=O) groups is 1. The first kappa shape index (κ1) is 22.4. The summed E-state index contributed by atoms with van der Waals surface area (Å²) in [4.78, 5) is 21.1. The van der Waals surface area contributed by atoms with Crippen molar-refractivity contribution in [2.24, 2.45) is 0 Å². The van der Waals surface area contributed by atoms with Crippen molar-refractivity contribution >= 4 is 17.5 Å². The monoisotopic (exact) mass is 444 g/mol. The number of aryl methyl sites for hydroxylation is 1. The van der Waals surface area contributed by atoms with Gasteiger partial charge in [-0.05, 0) is 57.4 Å². The third-order valence-electron chi connectivity index (χ3n) is 6.06. The van der Waals surface area contributed by atoms with Gasteiger partial charge < -0.3 is 16.0 Å². The summed E-state index contributed by atoms with van der Waals surface area (Å²) in [5.41, 5.74) is 3.94. The molecule has 0 radical (unpaired) electrons. The van der Waals surface area contributed by atoms with Gasteiger partial charge in [0.2, 0.25) is 5.95 Å². The van der Waals surface area contributed by atoms with Gasteiger partial charge in [-0.1, -0.05) is 12.1 Å². The summed E-state index contributed by atoms with van der Waals surface area (Å²) in [6.07, 6.45) is 10.1. The lowest BCUT2D eigenvalue weighted by Crippen LogP contribution is -2.31. The Labute approximate surface area is 193 Å². The van der Waals surface area contributed by atoms with Gasteiger partial charge in [-0.3, -0.25) is 9.48 Å². The molecule has 9 heteroatoms. The Morgan fingerprint density at radius 1 is 1.18 bits per heavy atom. The second-order valence-electron chi connectivity index (χ2n) is 8.27. The molecule has 0 aliphatic heterocycles. The molecular formula is C24H28N8O. The highest BCUT2D eigenvalue weighted by Crippen LogP contribution is 2.29. The van der Waals surface area contributed by atoms with Crippen LogP contribution in [-0.2, 0) is 0 Å². The van der Waals surface area contributed by atoms with E-state index in [-0.39, 0.29) is 12.5 Å². The fourth-order valence-corrected chi connectivity index (χ4v) is 4.16. The van der Waals surface area contributed by atoms with Crippen molar-refractivity contribution < 1.29 is 4.79 Å². The third-order valence-corrected chi connectivity index (χ3v) is 6.06. The highest BCUT2D eigenvalue weighted by Gasteiger charge is 2.22. The fraction of sp³-hybridized carbons (Fsp3) is 0.375. The summed E-state index contributed by atoms with van der Waals surface area (Å²) in [6.45, 7) is 1.93. The van der Waals surface area contributed by atoms with Crippen molar-refractivity contribution in [1.29, 1.82) is 5.26 Å². The third kappa shape index (κ3) is 5.35. The minimum absolute atomic E-state index is 0.0194. The molecular weight excluding hydrogens is 416 g/mol. The van der Waals surface area contributed by atoms with Crippen LogP contribution in [0.2, 0.25) is 0 Å². The number of hydrogen-bond donors (Lipinski definition) is 3. The topological polar surface area (TPSA) is 121 Å². The number of nitrogens with one attached hydrogen (secondary N) is 3. The second kappa shape index (κ2) is 10.2. The number of rotatable bonds is 7. The molecule has 1 saturated carbocycles. The van der Waals surface area contributed by atoms with Gasteiger partial charge in [0.05, 0.1) is 29.7 Å². The summed E-state index contributed by atoms with van der Waals surface area (Å²) < 4.78 is 2.04. The van der Waals surface area contributed by atoms with Gasteiger partial charge in [-0.25, -0.2) is 9.97 Å². The van der Waals surface area contributed by atoms with E-state index in [0.717, 1.165) is 48.2 Å². The number of hydrogen-bond acceptors (Lipinski definition) is 7. The molecule has 1 aliphatic rings. The summed E-state index contributed by atoms with van der Waals surface area (Å²) in [5.74, 6) is 0.214. The Morgan fingerprint density at radius 3 is 2.64 bits per heavy atom. The smallest absolute Gasteiger partial charge is 0.252 e. The zero-order valence-electron chi connectivity index (χ0n) is 18.9. The average molecular weight is 445 g/mol. The van der Waals surface area contributed by atoms with E-state index >= 15 is 0 Å². The van der Waals surface area contributed by atoms with Crippen LogP contribution in [0.1, 0.15) is 47.6 Å². The molecule has 0 unspecified atom stereocenters. The van der Waals surface area contributed by atoms with E-state index in [9.17, 15) is 4.79 Å². The maximum absolute atomic E-state index is 12.0. The first-order valence-electron chi connectivity index (χ1n) is 11.1. The van der Waals surface area contributed by atoms with Crippen LogP contribution >= 0.6 is 0 Å². The number of nitriles is 1. The molecule has 0 atom stereocenters. The molecule has 0 bridgehead atoms. The van der Waals surface area contributed by atoms with E-state index in [0.29, 0.717) is 23.6 Å². The minimum Gasteiger partial charge on any atom is -0.339 e. The Bertz CT molecular complexity index is 1140. The summed E-state index contributed by atoms with van der Waals surface area (Å²) >= 11 is 0. The largest absolute Gasteiger partial charge is 0.339 e. The SMILES string of the molecule is CN[C@H]1CC[C@@H](n2cc(Nc3ncc(C)c(-c4ccc(C(=O)NCC#N)cc4)n3)cn2)CC1. The Hall–Kier alpha value is -3.77. The van der Waals surface area contributed by atoms with Crippen LogP contribution in [0.4, 0.5) is 11.6 Å². The van der Waals surface area contributed by atoms with E-state index in [4.69, 9.17) is 10.2 Å². The molecule has 170 valence electrons. The lowest BCUT2D eigenvalue weighted by Gasteiger charge is -2.28. The van der Waals surface area contributed by atoms with Gasteiger partial charge >= 0.3 is 0 Å². The summed E-state index contributed by atoms with van der Waals surface area (Å²) in [5, 5.41) is 22.3. The Balaban J connectivity index is 1.45. The van der Waals surface area contributed by atoms with E-state index < -0.39 is 0 Å². The number of aromatic nitrogens is 4. The van der Waals surface area contributed by atoms with Gasteiger partial charge in [-0.2, -0.15) is 10.4 Å². The van der Waals surface area contributed by atoms with Gasteiger partial charge in [0.25, 0.3) is 5.91 Å². The zero-order chi connectivity index (χ0) is 23.2. The first-order valence-corrected chi connectivity index (χ1v) is 11.1. The van der Waals surface area contributed by atoms with Crippen molar-refractivity contribution in [2.45, 2.75) is 44.7 Å². The van der Waals surface area contributed by atoms with Crippen LogP contribution in [-0.4, -0.2) is 45.3 Å². The number of benzene rings is 1. The van der Waals surface area contributed by atoms with E-state index in [2.05, 4.69) is 26.0 Å². The normalized spacial score (nSPS) is 17.8. The van der Waals surface area contributed by atoms with E-state index in [1.54, 1.807) is 18.3 Å². The van der Waals surface area contributed by atoms with Gasteiger partial charge in [0.15, 0.2) is 0 Å². The zero-order valence-corrected chi connectivity index (χ0v) is 18.9. The van der Waals surface area contributed by atoms with Gasteiger partial charge in [-0.15, -0.1) is 0 Å². The molecule has 4 rings (SSSR count).